The van der Waals surface area contributed by atoms with Crippen molar-refractivity contribution in [3.63, 3.8) is 0 Å². The quantitative estimate of drug-likeness (QED) is 0.271. The molecule has 0 spiro atoms. The number of quaternary nitrogens is 1. The highest BCUT2D eigenvalue weighted by molar-refractivity contribution is 9.10. The Bertz CT molecular complexity index is 1320. The number of nitrogens with one attached hydrogen (secondary N) is 2. The van der Waals surface area contributed by atoms with Gasteiger partial charge in [0.1, 0.15) is 18.6 Å². The Morgan fingerprint density at radius 1 is 1.35 bits per heavy atom. The molecule has 0 amide bonds. The summed E-state index contributed by atoms with van der Waals surface area (Å²) in [5.41, 5.74) is 10.7. The Kier molecular flexibility index (Phi) is 8.17. The highest BCUT2D eigenvalue weighted by Gasteiger charge is 2.53. The fourth-order valence-electron chi connectivity index (χ4n) is 7.58. The molecule has 3 aliphatic rings. The predicted octanol–water partition coefficient (Wildman–Crippen LogP) is 5.44. The van der Waals surface area contributed by atoms with E-state index < -0.39 is 0 Å². The van der Waals surface area contributed by atoms with Gasteiger partial charge in [-0.3, -0.25) is 4.90 Å². The van der Waals surface area contributed by atoms with Crippen molar-refractivity contribution in [1.82, 2.24) is 15.0 Å². The summed E-state index contributed by atoms with van der Waals surface area (Å²) in [7, 11) is 2.12. The third-order valence-corrected chi connectivity index (χ3v) is 10.8. The lowest BCUT2D eigenvalue weighted by molar-refractivity contribution is -0.805. The molecular weight excluding hydrogens is 568 g/mol. The van der Waals surface area contributed by atoms with E-state index in [1.165, 1.54) is 28.9 Å². The van der Waals surface area contributed by atoms with E-state index in [1.807, 2.05) is 0 Å². The van der Waals surface area contributed by atoms with Crippen molar-refractivity contribution >= 4 is 39.2 Å². The summed E-state index contributed by atoms with van der Waals surface area (Å²) in [6, 6.07) is 1.77. The number of H-pyrrole nitrogens is 1. The first-order valence-corrected chi connectivity index (χ1v) is 15.4. The van der Waals surface area contributed by atoms with Crippen LogP contribution in [-0.4, -0.2) is 47.8 Å². The normalized spacial score (nSPS) is 30.1. The zero-order valence-corrected chi connectivity index (χ0v) is 26.1. The fourth-order valence-corrected chi connectivity index (χ4v) is 7.92. The molecule has 8 nitrogen and oxygen atoms in total. The maximum absolute atomic E-state index is 12.7. The van der Waals surface area contributed by atoms with Crippen LogP contribution >= 0.6 is 15.9 Å². The van der Waals surface area contributed by atoms with E-state index in [-0.39, 0.29) is 16.8 Å². The Labute approximate surface area is 246 Å². The number of nitrogen functional groups attached to an aromatic ring is 1. The number of fused-ring (bicyclic) bond motifs is 2. The van der Waals surface area contributed by atoms with Crippen LogP contribution in [-0.2, 0) is 4.74 Å². The predicted molar refractivity (Wildman–Crippen MR) is 162 cm³/mol. The van der Waals surface area contributed by atoms with Gasteiger partial charge in [0.2, 0.25) is 0 Å². The van der Waals surface area contributed by atoms with E-state index in [9.17, 15) is 4.79 Å². The SMILES string of the molecule is CC(=CCN1C[NH+](C)c2ncnc(N)c21)CCC1(C)C(C)CCC2(C)C(COC(=O)c3cc(Br)c[nH]3)=CCCC21. The van der Waals surface area contributed by atoms with Crippen molar-refractivity contribution in [2.24, 2.45) is 22.7 Å². The van der Waals surface area contributed by atoms with E-state index in [0.29, 0.717) is 30.0 Å². The number of aromatic amines is 1. The summed E-state index contributed by atoms with van der Waals surface area (Å²) in [4.78, 5) is 27.8. The topological polar surface area (TPSA) is 102 Å². The van der Waals surface area contributed by atoms with Crippen LogP contribution in [0.5, 0.6) is 0 Å². The number of rotatable bonds is 8. The largest absolute Gasteiger partial charge is 0.456 e. The number of ether oxygens (including phenoxy) is 1. The van der Waals surface area contributed by atoms with Gasteiger partial charge >= 0.3 is 5.97 Å². The molecule has 2 aromatic heterocycles. The Morgan fingerprint density at radius 2 is 2.15 bits per heavy atom. The van der Waals surface area contributed by atoms with Gasteiger partial charge in [0.15, 0.2) is 18.2 Å². The van der Waals surface area contributed by atoms with Crippen LogP contribution in [0, 0.1) is 22.7 Å². The number of nitrogens with zero attached hydrogens (tertiary/aromatic N) is 3. The molecule has 4 N–H and O–H groups in total. The summed E-state index contributed by atoms with van der Waals surface area (Å²) < 4.78 is 6.67. The third-order valence-electron chi connectivity index (χ3n) is 10.3. The van der Waals surface area contributed by atoms with Gasteiger partial charge in [0, 0.05) is 17.2 Å². The maximum atomic E-state index is 12.7. The zero-order valence-electron chi connectivity index (χ0n) is 24.5. The number of nitrogens with two attached hydrogens (primary N) is 1. The second kappa shape index (κ2) is 11.3. The number of carbonyl (C=O) groups excluding carboxylic acids is 1. The van der Waals surface area contributed by atoms with Gasteiger partial charge in [0.05, 0.1) is 7.05 Å². The van der Waals surface area contributed by atoms with E-state index >= 15 is 0 Å². The van der Waals surface area contributed by atoms with E-state index in [4.69, 9.17) is 10.5 Å². The number of carbonyl (C=O) groups is 1. The molecule has 5 rings (SSSR count). The molecule has 0 radical (unpaired) electrons. The van der Waals surface area contributed by atoms with E-state index in [0.717, 1.165) is 54.9 Å². The molecule has 5 unspecified atom stereocenters. The zero-order chi connectivity index (χ0) is 28.7. The molecule has 0 bridgehead atoms. The lowest BCUT2D eigenvalue weighted by atomic mass is 9.47. The van der Waals surface area contributed by atoms with Crippen LogP contribution in [0.3, 0.4) is 0 Å². The summed E-state index contributed by atoms with van der Waals surface area (Å²) in [6.45, 7) is 11.7. The molecule has 1 aliphatic heterocycles. The minimum absolute atomic E-state index is 0.0534. The molecule has 5 atom stereocenters. The minimum atomic E-state index is -0.299. The standard InChI is InChI=1S/C31H43BrN6O2/c1-20(11-14-38-19-37(5)28-26(38)27(33)35-18-36-28)9-12-30(3)21(2)10-13-31(4)22(7-6-8-25(30)31)17-40-29(39)24-15-23(32)16-34-24/h7,11,15-16,18,21,25,34H,6,8-10,12-14,17,19H2,1-5H3,(H2,33,35,36)/p+1. The van der Waals surface area contributed by atoms with Crippen LogP contribution in [0.4, 0.5) is 17.3 Å². The summed E-state index contributed by atoms with van der Waals surface area (Å²) in [5, 5.41) is 0. The van der Waals surface area contributed by atoms with E-state index in [2.05, 4.69) is 82.7 Å². The molecule has 0 saturated heterocycles. The lowest BCUT2D eigenvalue weighted by Crippen LogP contribution is -3.03. The summed E-state index contributed by atoms with van der Waals surface area (Å²) in [5.74, 6) is 2.45. The second-order valence-electron chi connectivity index (χ2n) is 12.7. The number of hydrogen-bond donors (Lipinski definition) is 3. The van der Waals surface area contributed by atoms with Crippen molar-refractivity contribution in [2.75, 3.05) is 37.5 Å². The van der Waals surface area contributed by atoms with Gasteiger partial charge in [-0.05, 0) is 95.7 Å². The minimum Gasteiger partial charge on any atom is -0.456 e. The number of aromatic nitrogens is 3. The van der Waals surface area contributed by atoms with Crippen LogP contribution < -0.4 is 15.5 Å². The number of hydrogen-bond acceptors (Lipinski definition) is 6. The first kappa shape index (κ1) is 28.9. The Balaban J connectivity index is 1.24. The molecule has 40 heavy (non-hydrogen) atoms. The third kappa shape index (κ3) is 5.34. The van der Waals surface area contributed by atoms with Crippen LogP contribution in [0.1, 0.15) is 76.7 Å². The molecule has 216 valence electrons. The number of anilines is 2. The maximum Gasteiger partial charge on any atom is 0.355 e. The van der Waals surface area contributed by atoms with Gasteiger partial charge in [0.25, 0.3) is 5.82 Å². The fraction of sp³-hybridized carbons (Fsp3) is 0.581. The molecule has 2 aromatic rings. The average Bonchev–Trinajstić information content (AvgIpc) is 3.51. The van der Waals surface area contributed by atoms with Crippen molar-refractivity contribution in [3.8, 4) is 0 Å². The molecule has 2 aliphatic carbocycles. The van der Waals surface area contributed by atoms with Crippen LogP contribution in [0.25, 0.3) is 0 Å². The van der Waals surface area contributed by atoms with Crippen molar-refractivity contribution in [3.05, 3.63) is 52.1 Å². The molecule has 3 heterocycles. The van der Waals surface area contributed by atoms with E-state index in [1.54, 1.807) is 18.6 Å². The molecule has 0 aromatic carbocycles. The number of halogens is 1. The first-order valence-electron chi connectivity index (χ1n) is 14.6. The summed E-state index contributed by atoms with van der Waals surface area (Å²) in [6.07, 6.45) is 14.8. The van der Waals surface area contributed by atoms with Crippen LogP contribution in [0.2, 0.25) is 0 Å². The smallest absolute Gasteiger partial charge is 0.355 e. The second-order valence-corrected chi connectivity index (χ2v) is 13.6. The lowest BCUT2D eigenvalue weighted by Gasteiger charge is -2.58. The molecule has 9 heteroatoms. The van der Waals surface area contributed by atoms with Gasteiger partial charge < -0.3 is 20.4 Å². The Morgan fingerprint density at radius 3 is 2.90 bits per heavy atom. The molecule has 1 fully saturated rings. The van der Waals surface area contributed by atoms with Crippen molar-refractivity contribution in [1.29, 1.82) is 0 Å². The number of esters is 1. The monoisotopic (exact) mass is 611 g/mol. The van der Waals surface area contributed by atoms with Gasteiger partial charge in [-0.25, -0.2) is 9.78 Å². The van der Waals surface area contributed by atoms with Gasteiger partial charge in [-0.2, -0.15) is 4.98 Å². The number of allylic oxidation sites excluding steroid dienone is 2. The highest BCUT2D eigenvalue weighted by atomic mass is 79.9. The van der Waals surface area contributed by atoms with Gasteiger partial charge in [-0.1, -0.05) is 38.5 Å². The average molecular weight is 613 g/mol. The van der Waals surface area contributed by atoms with Crippen LogP contribution in [0.15, 0.2) is 46.4 Å². The van der Waals surface area contributed by atoms with Gasteiger partial charge in [-0.15, -0.1) is 0 Å². The van der Waals surface area contributed by atoms with Crippen molar-refractivity contribution < 1.29 is 14.4 Å². The first-order chi connectivity index (χ1) is 19.0. The van der Waals surface area contributed by atoms with Crippen molar-refractivity contribution in [2.45, 2.75) is 66.2 Å². The highest BCUT2D eigenvalue weighted by Crippen LogP contribution is 2.62. The molecular formula is C31H44BrN6O2+. The Hall–Kier alpha value is -2.65. The summed E-state index contributed by atoms with van der Waals surface area (Å²) >= 11 is 3.40. The molecule has 1 saturated carbocycles.